The van der Waals surface area contributed by atoms with Gasteiger partial charge in [-0.05, 0) is 5.41 Å². The summed E-state index contributed by atoms with van der Waals surface area (Å²) >= 11 is 0.226. The summed E-state index contributed by atoms with van der Waals surface area (Å²) in [4.78, 5) is 11.4. The van der Waals surface area contributed by atoms with Crippen molar-refractivity contribution in [3.8, 4) is 0 Å². The Kier molecular flexibility index (Phi) is 4.92. The molecule has 1 heterocycles. The summed E-state index contributed by atoms with van der Waals surface area (Å²) < 4.78 is 36.8. The van der Waals surface area contributed by atoms with Crippen molar-refractivity contribution in [2.45, 2.75) is 33.1 Å². The van der Waals surface area contributed by atoms with Crippen molar-refractivity contribution >= 4 is 22.5 Å². The fraction of sp³-hybridized carbons (Fsp3) is 0.700. The van der Waals surface area contributed by atoms with Crippen LogP contribution in [0.25, 0.3) is 0 Å². The van der Waals surface area contributed by atoms with Gasteiger partial charge in [-0.1, -0.05) is 32.1 Å². The molecule has 0 saturated heterocycles. The number of hydrogen-bond donors (Lipinski definition) is 3. The second-order valence-corrected chi connectivity index (χ2v) is 6.10. The molecule has 0 radical (unpaired) electrons. The van der Waals surface area contributed by atoms with E-state index in [1.54, 1.807) is 20.8 Å². The molecule has 1 unspecified atom stereocenters. The summed E-state index contributed by atoms with van der Waals surface area (Å²) in [6, 6.07) is -0.752. The quantitative estimate of drug-likeness (QED) is 0.797. The van der Waals surface area contributed by atoms with Crippen LogP contribution in [0.15, 0.2) is 0 Å². The number of rotatable bonds is 3. The molecule has 10 heteroatoms. The fourth-order valence-electron chi connectivity index (χ4n) is 1.03. The van der Waals surface area contributed by atoms with Crippen molar-refractivity contribution in [3.63, 3.8) is 0 Å². The second-order valence-electron chi connectivity index (χ2n) is 5.13. The molecule has 1 atom stereocenters. The predicted molar refractivity (Wildman–Crippen MR) is 67.4 cm³/mol. The van der Waals surface area contributed by atoms with E-state index < -0.39 is 28.7 Å². The lowest BCUT2D eigenvalue weighted by molar-refractivity contribution is -0.138. The van der Waals surface area contributed by atoms with E-state index in [0.717, 1.165) is 0 Å². The molecule has 20 heavy (non-hydrogen) atoms. The number of carbonyl (C=O) groups is 1. The first-order valence-corrected chi connectivity index (χ1v) is 6.45. The minimum atomic E-state index is -4.59. The summed E-state index contributed by atoms with van der Waals surface area (Å²) in [5.74, 6) is 0. The van der Waals surface area contributed by atoms with Gasteiger partial charge in [-0.25, -0.2) is 4.79 Å². The minimum absolute atomic E-state index is 0.0275. The molecule has 1 aromatic rings. The highest BCUT2D eigenvalue weighted by atomic mass is 32.1. The third-order valence-electron chi connectivity index (χ3n) is 2.34. The van der Waals surface area contributed by atoms with E-state index in [2.05, 4.69) is 20.8 Å². The van der Waals surface area contributed by atoms with Gasteiger partial charge in [0.1, 0.15) is 0 Å². The number of aliphatic hydroxyl groups is 1. The zero-order valence-electron chi connectivity index (χ0n) is 11.1. The van der Waals surface area contributed by atoms with E-state index in [9.17, 15) is 23.1 Å². The maximum absolute atomic E-state index is 12.3. The lowest BCUT2D eigenvalue weighted by atomic mass is 9.89. The number of carbonyl (C=O) groups excluding carboxylic acids is 1. The first-order chi connectivity index (χ1) is 9.00. The molecule has 0 bridgehead atoms. The van der Waals surface area contributed by atoms with Crippen LogP contribution in [0.1, 0.15) is 25.8 Å². The van der Waals surface area contributed by atoms with Gasteiger partial charge in [0, 0.05) is 6.54 Å². The first-order valence-electron chi connectivity index (χ1n) is 5.64. The molecule has 0 aliphatic heterocycles. The number of nitrogens with one attached hydrogen (secondary N) is 2. The van der Waals surface area contributed by atoms with Crippen LogP contribution in [0.2, 0.25) is 0 Å². The first kappa shape index (κ1) is 16.6. The molecule has 0 aliphatic carbocycles. The average molecular weight is 312 g/mol. The normalized spacial score (nSPS) is 13.9. The molecule has 114 valence electrons. The molecule has 0 fully saturated rings. The zero-order chi connectivity index (χ0) is 15.6. The van der Waals surface area contributed by atoms with Gasteiger partial charge in [0.2, 0.25) is 10.1 Å². The monoisotopic (exact) mass is 312 g/mol. The number of aromatic nitrogens is 2. The summed E-state index contributed by atoms with van der Waals surface area (Å²) in [6.07, 6.45) is -5.37. The van der Waals surface area contributed by atoms with Crippen molar-refractivity contribution in [3.05, 3.63) is 5.01 Å². The van der Waals surface area contributed by atoms with E-state index in [1.807, 2.05) is 0 Å². The Labute approximate surface area is 117 Å². The van der Waals surface area contributed by atoms with Crippen LogP contribution in [-0.4, -0.2) is 34.0 Å². The van der Waals surface area contributed by atoms with E-state index >= 15 is 0 Å². The molecular formula is C10H15F3N4O2S. The molecule has 2 amide bonds. The topological polar surface area (TPSA) is 87.1 Å². The van der Waals surface area contributed by atoms with Crippen LogP contribution in [-0.2, 0) is 6.18 Å². The third kappa shape index (κ3) is 4.93. The van der Waals surface area contributed by atoms with Gasteiger partial charge < -0.3 is 10.4 Å². The minimum Gasteiger partial charge on any atom is -0.391 e. The molecular weight excluding hydrogens is 297 g/mol. The number of anilines is 1. The number of urea groups is 1. The number of amides is 2. The highest BCUT2D eigenvalue weighted by Crippen LogP contribution is 2.32. The van der Waals surface area contributed by atoms with Crippen LogP contribution < -0.4 is 10.6 Å². The summed E-state index contributed by atoms with van der Waals surface area (Å²) in [7, 11) is 0. The van der Waals surface area contributed by atoms with Gasteiger partial charge in [-0.3, -0.25) is 5.32 Å². The Morgan fingerprint density at radius 1 is 1.35 bits per heavy atom. The van der Waals surface area contributed by atoms with Gasteiger partial charge in [-0.2, -0.15) is 13.2 Å². The third-order valence-corrected chi connectivity index (χ3v) is 3.23. The Balaban J connectivity index is 2.49. The Morgan fingerprint density at radius 3 is 2.40 bits per heavy atom. The summed E-state index contributed by atoms with van der Waals surface area (Å²) in [5.41, 5.74) is -0.417. The zero-order valence-corrected chi connectivity index (χ0v) is 11.9. The van der Waals surface area contributed by atoms with E-state index in [0.29, 0.717) is 0 Å². The SMILES string of the molecule is CC(C)(C)C(O)CNC(=O)Nc1nnc(C(F)(F)F)s1. The number of alkyl halides is 3. The van der Waals surface area contributed by atoms with Crippen molar-refractivity contribution in [2.75, 3.05) is 11.9 Å². The molecule has 0 spiro atoms. The summed E-state index contributed by atoms with van der Waals surface area (Å²) in [6.45, 7) is 5.34. The Hall–Kier alpha value is -1.42. The Bertz CT molecular complexity index is 470. The van der Waals surface area contributed by atoms with E-state index in [1.165, 1.54) is 0 Å². The molecule has 0 aromatic carbocycles. The van der Waals surface area contributed by atoms with E-state index in [4.69, 9.17) is 0 Å². The maximum Gasteiger partial charge on any atom is 0.445 e. The maximum atomic E-state index is 12.3. The predicted octanol–water partition coefficient (Wildman–Crippen LogP) is 2.09. The van der Waals surface area contributed by atoms with Crippen molar-refractivity contribution < 1.29 is 23.1 Å². The standard InChI is InChI=1S/C10H15F3N4O2S/c1-9(2,3)5(18)4-14-7(19)15-8-17-16-6(20-8)10(11,12)13/h5,18H,4H2,1-3H3,(H2,14,15,17,19). The molecule has 6 nitrogen and oxygen atoms in total. The summed E-state index contributed by atoms with van der Waals surface area (Å²) in [5, 5.41) is 18.9. The number of halogens is 3. The average Bonchev–Trinajstić information content (AvgIpc) is 2.72. The van der Waals surface area contributed by atoms with Gasteiger partial charge in [0.25, 0.3) is 0 Å². The van der Waals surface area contributed by atoms with Crippen LogP contribution in [0.4, 0.5) is 23.1 Å². The van der Waals surface area contributed by atoms with Crippen molar-refractivity contribution in [2.24, 2.45) is 5.41 Å². The lowest BCUT2D eigenvalue weighted by Crippen LogP contribution is -2.40. The van der Waals surface area contributed by atoms with Crippen LogP contribution in [0, 0.1) is 5.41 Å². The highest BCUT2D eigenvalue weighted by Gasteiger charge is 2.35. The smallest absolute Gasteiger partial charge is 0.391 e. The number of aliphatic hydroxyl groups excluding tert-OH is 1. The van der Waals surface area contributed by atoms with Crippen LogP contribution in [0.5, 0.6) is 0 Å². The van der Waals surface area contributed by atoms with Gasteiger partial charge >= 0.3 is 12.2 Å². The molecule has 0 aliphatic rings. The van der Waals surface area contributed by atoms with Gasteiger partial charge in [0.05, 0.1) is 6.10 Å². The van der Waals surface area contributed by atoms with Gasteiger partial charge in [-0.15, -0.1) is 10.2 Å². The number of nitrogens with zero attached hydrogens (tertiary/aromatic N) is 2. The van der Waals surface area contributed by atoms with Gasteiger partial charge in [0.15, 0.2) is 0 Å². The molecule has 1 aromatic heterocycles. The fourth-order valence-corrected chi connectivity index (χ4v) is 1.63. The van der Waals surface area contributed by atoms with Crippen LogP contribution in [0.3, 0.4) is 0 Å². The number of hydrogen-bond acceptors (Lipinski definition) is 5. The van der Waals surface area contributed by atoms with Crippen molar-refractivity contribution in [1.82, 2.24) is 15.5 Å². The molecule has 0 saturated carbocycles. The lowest BCUT2D eigenvalue weighted by Gasteiger charge is -2.25. The molecule has 1 rings (SSSR count). The molecule has 3 N–H and O–H groups in total. The second kappa shape index (κ2) is 5.92. The largest absolute Gasteiger partial charge is 0.445 e. The van der Waals surface area contributed by atoms with Crippen molar-refractivity contribution in [1.29, 1.82) is 0 Å². The highest BCUT2D eigenvalue weighted by molar-refractivity contribution is 7.15. The van der Waals surface area contributed by atoms with E-state index in [-0.39, 0.29) is 23.0 Å². The Morgan fingerprint density at radius 2 is 1.95 bits per heavy atom. The van der Waals surface area contributed by atoms with Crippen LogP contribution >= 0.6 is 11.3 Å².